The summed E-state index contributed by atoms with van der Waals surface area (Å²) in [6, 6.07) is 0. The van der Waals surface area contributed by atoms with Crippen LogP contribution in [0.4, 0.5) is 9.59 Å². The summed E-state index contributed by atoms with van der Waals surface area (Å²) in [6.07, 6.45) is 0. The van der Waals surface area contributed by atoms with Gasteiger partial charge in [0.25, 0.3) is 0 Å². The zero-order chi connectivity index (χ0) is 8.85. The van der Waals surface area contributed by atoms with Crippen molar-refractivity contribution in [3.8, 4) is 0 Å². The second-order valence-electron chi connectivity index (χ2n) is 1.82. The fraction of sp³-hybridized carbons (Fsp3) is 0.667. The molecule has 4 nitrogen and oxygen atoms in total. The van der Waals surface area contributed by atoms with Crippen LogP contribution in [0.15, 0.2) is 0 Å². The molecule has 12 heavy (non-hydrogen) atoms. The molecule has 1 radical (unpaired) electrons. The predicted molar refractivity (Wildman–Crippen MR) is 48.3 cm³/mol. The summed E-state index contributed by atoms with van der Waals surface area (Å²) in [5, 5.41) is 0. The molecule has 0 unspecified atom stereocenters. The van der Waals surface area contributed by atoms with E-state index >= 15 is 0 Å². The van der Waals surface area contributed by atoms with Gasteiger partial charge in [0.15, 0.2) is 0 Å². The van der Waals surface area contributed by atoms with Gasteiger partial charge in [0, 0.05) is 0 Å². The van der Waals surface area contributed by atoms with Crippen LogP contribution < -0.4 is 0 Å². The molecular weight excluding hydrogens is 290 g/mol. The molecule has 0 aliphatic rings. The molecule has 0 N–H and O–H groups in total. The molecule has 0 heterocycles. The maximum atomic E-state index is 10.9. The zero-order valence-corrected chi connectivity index (χ0v) is 10.9. The smallest absolute Gasteiger partial charge is 0.147 e. The second-order valence-corrected chi connectivity index (χ2v) is 8.90. The Labute approximate surface area is 84.7 Å². The summed E-state index contributed by atoms with van der Waals surface area (Å²) in [5.74, 6) is 0. The van der Waals surface area contributed by atoms with Gasteiger partial charge >= 0.3 is 72.4 Å². The third kappa shape index (κ3) is 4.15. The van der Waals surface area contributed by atoms with Crippen LogP contribution in [0.5, 0.6) is 0 Å². The van der Waals surface area contributed by atoms with Gasteiger partial charge in [-0.2, -0.15) is 0 Å². The number of hydrogen-bond acceptors (Lipinski definition) is 4. The van der Waals surface area contributed by atoms with E-state index in [1.807, 2.05) is 6.92 Å². The van der Waals surface area contributed by atoms with Crippen molar-refractivity contribution in [2.75, 3.05) is 14.2 Å². The second kappa shape index (κ2) is 7.67. The fourth-order valence-electron chi connectivity index (χ4n) is 0.618. The van der Waals surface area contributed by atoms with Crippen molar-refractivity contribution in [1.82, 2.24) is 0 Å². The minimum atomic E-state index is -2.69. The number of hydrogen-bond donors (Lipinski definition) is 0. The molecular formula is C6H12ClO4Sn. The van der Waals surface area contributed by atoms with Gasteiger partial charge in [-0.1, -0.05) is 0 Å². The molecule has 0 aromatic heterocycles. The Morgan fingerprint density at radius 1 is 1.17 bits per heavy atom. The van der Waals surface area contributed by atoms with Crippen molar-refractivity contribution in [2.45, 2.75) is 11.4 Å². The van der Waals surface area contributed by atoms with Gasteiger partial charge in [0.2, 0.25) is 0 Å². The molecule has 0 aliphatic carbocycles. The van der Waals surface area contributed by atoms with Crippen molar-refractivity contribution in [3.63, 3.8) is 0 Å². The topological polar surface area (TPSA) is 52.6 Å². The summed E-state index contributed by atoms with van der Waals surface area (Å²) < 4.78 is 8.86. The molecule has 0 saturated carbocycles. The standard InChI is InChI=1S/2C2H3O2.C2H5.ClH.Sn/c2*1-4-2-3;1-2;;/h2*1H3;1H2,2H3;1H;. The molecule has 0 spiro atoms. The Bertz CT molecular complexity index is 146. The molecule has 0 saturated heterocycles. The van der Waals surface area contributed by atoms with Crippen LogP contribution in [0, 0.1) is 0 Å². The molecule has 0 fully saturated rings. The summed E-state index contributed by atoms with van der Waals surface area (Å²) >= 11 is -2.69. The van der Waals surface area contributed by atoms with Crippen LogP contribution >= 0.6 is 12.4 Å². The molecule has 71 valence electrons. The maximum Gasteiger partial charge on any atom is -0.147 e. The van der Waals surface area contributed by atoms with Crippen LogP contribution in [-0.2, 0) is 9.47 Å². The van der Waals surface area contributed by atoms with E-state index in [9.17, 15) is 9.59 Å². The van der Waals surface area contributed by atoms with Gasteiger partial charge in [0.1, 0.15) is 0 Å². The number of halogens is 1. The number of ether oxygens (including phenoxy) is 2. The van der Waals surface area contributed by atoms with Crippen molar-refractivity contribution < 1.29 is 19.1 Å². The van der Waals surface area contributed by atoms with Crippen LogP contribution in [0.1, 0.15) is 6.92 Å². The summed E-state index contributed by atoms with van der Waals surface area (Å²) in [7, 11) is 2.59. The van der Waals surface area contributed by atoms with Crippen molar-refractivity contribution in [3.05, 3.63) is 0 Å². The average molecular weight is 302 g/mol. The van der Waals surface area contributed by atoms with Crippen molar-refractivity contribution in [2.24, 2.45) is 0 Å². The SMILES string of the molecule is C[CH2][Sn]([C](=O)OC)[C](=O)OC.Cl. The first-order valence-electron chi connectivity index (χ1n) is 3.19. The van der Waals surface area contributed by atoms with E-state index < -0.39 is 19.8 Å². The van der Waals surface area contributed by atoms with Gasteiger partial charge in [-0.05, 0) is 0 Å². The Morgan fingerprint density at radius 3 is 1.67 bits per heavy atom. The van der Waals surface area contributed by atoms with E-state index in [-0.39, 0.29) is 20.4 Å². The Hall–Kier alpha value is 0.0287. The summed E-state index contributed by atoms with van der Waals surface area (Å²) in [6.45, 7) is 1.81. The number of carbonyl (C=O) groups excluding carboxylic acids is 2. The Morgan fingerprint density at radius 2 is 1.50 bits per heavy atom. The molecule has 0 aromatic carbocycles. The van der Waals surface area contributed by atoms with E-state index in [2.05, 4.69) is 9.47 Å². The first-order chi connectivity index (χ1) is 5.17. The van der Waals surface area contributed by atoms with Crippen LogP contribution in [0.25, 0.3) is 0 Å². The minimum absolute atomic E-state index is 0. The predicted octanol–water partition coefficient (Wildman–Crippen LogP) is 1.62. The third-order valence-corrected chi connectivity index (χ3v) is 7.21. The van der Waals surface area contributed by atoms with E-state index in [1.54, 1.807) is 0 Å². The van der Waals surface area contributed by atoms with Gasteiger partial charge in [0.05, 0.1) is 0 Å². The largest absolute Gasteiger partial charge is 0.147 e. The molecule has 0 aliphatic heterocycles. The van der Waals surface area contributed by atoms with E-state index in [1.165, 1.54) is 14.2 Å². The minimum Gasteiger partial charge on any atom is -0.147 e. The number of rotatable bonds is 3. The van der Waals surface area contributed by atoms with Gasteiger partial charge in [-0.3, -0.25) is 0 Å². The molecule has 0 aromatic rings. The van der Waals surface area contributed by atoms with E-state index in [0.717, 1.165) is 0 Å². The average Bonchev–Trinajstić information content (AvgIpc) is 2.05. The molecule has 0 bridgehead atoms. The third-order valence-electron chi connectivity index (χ3n) is 1.22. The van der Waals surface area contributed by atoms with Gasteiger partial charge in [-0.25, -0.2) is 0 Å². The van der Waals surface area contributed by atoms with E-state index in [4.69, 9.17) is 0 Å². The molecule has 0 atom stereocenters. The molecule has 6 heteroatoms. The normalized spacial score (nSPS) is 8.67. The Balaban J connectivity index is 0. The molecule has 0 rings (SSSR count). The zero-order valence-electron chi connectivity index (χ0n) is 7.25. The molecule has 0 amide bonds. The van der Waals surface area contributed by atoms with Crippen molar-refractivity contribution >= 4 is 40.1 Å². The summed E-state index contributed by atoms with van der Waals surface area (Å²) in [5.41, 5.74) is 0. The first kappa shape index (κ1) is 14.5. The maximum absolute atomic E-state index is 10.9. The van der Waals surface area contributed by atoms with Crippen LogP contribution in [-0.4, -0.2) is 41.9 Å². The fourth-order valence-corrected chi connectivity index (χ4v) is 4.15. The number of carbonyl (C=O) groups is 2. The van der Waals surface area contributed by atoms with Crippen molar-refractivity contribution in [1.29, 1.82) is 0 Å². The quantitative estimate of drug-likeness (QED) is 0.743. The van der Waals surface area contributed by atoms with Crippen LogP contribution in [0.2, 0.25) is 4.44 Å². The van der Waals surface area contributed by atoms with Gasteiger partial charge < -0.3 is 0 Å². The first-order valence-corrected chi connectivity index (χ1v) is 8.07. The Kier molecular flexibility index (Phi) is 9.29. The van der Waals surface area contributed by atoms with Crippen LogP contribution in [0.3, 0.4) is 0 Å². The van der Waals surface area contributed by atoms with Gasteiger partial charge in [-0.15, -0.1) is 12.4 Å². The monoisotopic (exact) mass is 303 g/mol. The summed E-state index contributed by atoms with van der Waals surface area (Å²) in [4.78, 5) is 21.8. The van der Waals surface area contributed by atoms with E-state index in [0.29, 0.717) is 4.44 Å². The number of methoxy groups -OCH3 is 2.